The van der Waals surface area contributed by atoms with E-state index < -0.39 is 0 Å². The number of aliphatic hydroxyl groups is 1. The second-order valence-electron chi connectivity index (χ2n) is 3.46. The minimum Gasteiger partial charge on any atom is -0.457 e. The third-order valence-corrected chi connectivity index (χ3v) is 2.60. The summed E-state index contributed by atoms with van der Waals surface area (Å²) in [4.78, 5) is 9.78. The fraction of sp³-hybridized carbons (Fsp3) is 0.889. The maximum Gasteiger partial charge on any atom is 0.417 e. The molecule has 1 rings (SSSR count). The zero-order valence-electron chi connectivity index (χ0n) is 7.16. The summed E-state index contributed by atoms with van der Waals surface area (Å²) in [6, 6.07) is 0. The summed E-state index contributed by atoms with van der Waals surface area (Å²) >= 11 is 0. The Balaban J connectivity index is 2.12. The Hall–Kier alpha value is -0.570. The largest absolute Gasteiger partial charge is 0.457 e. The molecule has 0 atom stereocenters. The molecule has 0 saturated heterocycles. The summed E-state index contributed by atoms with van der Waals surface area (Å²) < 4.78 is 4.57. The maximum atomic E-state index is 9.78. The van der Waals surface area contributed by atoms with Crippen LogP contribution in [0.2, 0.25) is 0 Å². The van der Waals surface area contributed by atoms with Crippen LogP contribution >= 0.6 is 0 Å². The van der Waals surface area contributed by atoms with Gasteiger partial charge in [-0.05, 0) is 37.5 Å². The lowest BCUT2D eigenvalue weighted by Crippen LogP contribution is -2.20. The van der Waals surface area contributed by atoms with Crippen LogP contribution in [0.4, 0.5) is 0 Å². The van der Waals surface area contributed by atoms with Gasteiger partial charge in [0.05, 0.1) is 6.61 Å². The SMILES string of the molecule is O=[C]OCC1CCC(CO)CC1. The van der Waals surface area contributed by atoms with E-state index in [4.69, 9.17) is 5.11 Å². The molecular weight excluding hydrogens is 156 g/mol. The van der Waals surface area contributed by atoms with Crippen molar-refractivity contribution in [2.75, 3.05) is 13.2 Å². The zero-order valence-corrected chi connectivity index (χ0v) is 7.16. The first-order valence-corrected chi connectivity index (χ1v) is 4.46. The molecular formula is C9H15O3. The van der Waals surface area contributed by atoms with Gasteiger partial charge in [0.1, 0.15) is 0 Å². The Morgan fingerprint density at radius 3 is 2.33 bits per heavy atom. The Labute approximate surface area is 72.7 Å². The van der Waals surface area contributed by atoms with Crippen LogP contribution < -0.4 is 0 Å². The van der Waals surface area contributed by atoms with E-state index in [0.29, 0.717) is 25.0 Å². The van der Waals surface area contributed by atoms with E-state index in [2.05, 4.69) is 4.74 Å². The van der Waals surface area contributed by atoms with E-state index in [1.54, 1.807) is 0 Å². The van der Waals surface area contributed by atoms with Gasteiger partial charge in [-0.2, -0.15) is 0 Å². The van der Waals surface area contributed by atoms with E-state index in [9.17, 15) is 4.79 Å². The Bertz CT molecular complexity index is 128. The molecule has 0 bridgehead atoms. The minimum atomic E-state index is 0.299. The molecule has 3 nitrogen and oxygen atoms in total. The molecule has 0 aromatic carbocycles. The molecule has 1 aliphatic carbocycles. The lowest BCUT2D eigenvalue weighted by atomic mass is 9.83. The third-order valence-electron chi connectivity index (χ3n) is 2.60. The molecule has 1 aliphatic rings. The van der Waals surface area contributed by atoms with E-state index in [0.717, 1.165) is 25.7 Å². The van der Waals surface area contributed by atoms with E-state index in [-0.39, 0.29) is 0 Å². The van der Waals surface area contributed by atoms with Gasteiger partial charge in [-0.15, -0.1) is 0 Å². The summed E-state index contributed by atoms with van der Waals surface area (Å²) in [6.07, 6.45) is 4.24. The zero-order chi connectivity index (χ0) is 8.81. The highest BCUT2D eigenvalue weighted by Gasteiger charge is 2.20. The summed E-state index contributed by atoms with van der Waals surface area (Å²) in [5.41, 5.74) is 0. The van der Waals surface area contributed by atoms with Gasteiger partial charge >= 0.3 is 6.47 Å². The number of hydrogen-bond acceptors (Lipinski definition) is 3. The smallest absolute Gasteiger partial charge is 0.417 e. The molecule has 0 unspecified atom stereocenters. The van der Waals surface area contributed by atoms with Crippen LogP contribution in [0.3, 0.4) is 0 Å². The quantitative estimate of drug-likeness (QED) is 0.682. The molecule has 0 heterocycles. The van der Waals surface area contributed by atoms with Gasteiger partial charge in [0, 0.05) is 6.61 Å². The van der Waals surface area contributed by atoms with Gasteiger partial charge < -0.3 is 9.84 Å². The van der Waals surface area contributed by atoms with Crippen LogP contribution in [0.25, 0.3) is 0 Å². The Kier molecular flexibility index (Phi) is 4.08. The van der Waals surface area contributed by atoms with E-state index in [1.165, 1.54) is 6.47 Å². The number of aliphatic hydroxyl groups excluding tert-OH is 1. The second kappa shape index (κ2) is 5.14. The molecule has 1 fully saturated rings. The number of rotatable bonds is 4. The fourth-order valence-corrected chi connectivity index (χ4v) is 1.73. The van der Waals surface area contributed by atoms with Crippen molar-refractivity contribution in [3.8, 4) is 0 Å². The van der Waals surface area contributed by atoms with Crippen molar-refractivity contribution in [3.63, 3.8) is 0 Å². The highest BCUT2D eigenvalue weighted by atomic mass is 16.5. The van der Waals surface area contributed by atoms with Crippen molar-refractivity contribution in [2.45, 2.75) is 25.7 Å². The summed E-state index contributed by atoms with van der Waals surface area (Å²) in [5.74, 6) is 0.968. The highest BCUT2D eigenvalue weighted by Crippen LogP contribution is 2.28. The molecule has 69 valence electrons. The number of carbonyl (C=O) groups excluding carboxylic acids is 1. The lowest BCUT2D eigenvalue weighted by molar-refractivity contribution is 0.133. The highest BCUT2D eigenvalue weighted by molar-refractivity contribution is 5.38. The number of ether oxygens (including phenoxy) is 1. The van der Waals surface area contributed by atoms with Gasteiger partial charge in [0.15, 0.2) is 0 Å². The summed E-state index contributed by atoms with van der Waals surface area (Å²) in [7, 11) is 0. The van der Waals surface area contributed by atoms with Crippen molar-refractivity contribution in [2.24, 2.45) is 11.8 Å². The van der Waals surface area contributed by atoms with Crippen LogP contribution in [0, 0.1) is 11.8 Å². The van der Waals surface area contributed by atoms with Gasteiger partial charge in [-0.25, -0.2) is 4.79 Å². The minimum absolute atomic E-state index is 0.299. The van der Waals surface area contributed by atoms with Crippen LogP contribution in [0.1, 0.15) is 25.7 Å². The third kappa shape index (κ3) is 2.81. The number of hydrogen-bond donors (Lipinski definition) is 1. The van der Waals surface area contributed by atoms with E-state index in [1.807, 2.05) is 0 Å². The van der Waals surface area contributed by atoms with Crippen molar-refractivity contribution in [3.05, 3.63) is 0 Å². The molecule has 0 aromatic heterocycles. The Morgan fingerprint density at radius 2 is 1.83 bits per heavy atom. The van der Waals surface area contributed by atoms with Crippen molar-refractivity contribution >= 4 is 6.47 Å². The normalized spacial score (nSPS) is 29.8. The Morgan fingerprint density at radius 1 is 1.25 bits per heavy atom. The first-order valence-electron chi connectivity index (χ1n) is 4.46. The van der Waals surface area contributed by atoms with Gasteiger partial charge in [-0.1, -0.05) is 0 Å². The van der Waals surface area contributed by atoms with Gasteiger partial charge in [0.25, 0.3) is 0 Å². The molecule has 0 aromatic rings. The van der Waals surface area contributed by atoms with Gasteiger partial charge in [0.2, 0.25) is 0 Å². The first-order chi connectivity index (χ1) is 5.86. The molecule has 1 radical (unpaired) electrons. The molecule has 1 N–H and O–H groups in total. The summed E-state index contributed by atoms with van der Waals surface area (Å²) in [5, 5.41) is 8.86. The van der Waals surface area contributed by atoms with Crippen LogP contribution in [0.5, 0.6) is 0 Å². The van der Waals surface area contributed by atoms with Crippen molar-refractivity contribution < 1.29 is 14.6 Å². The van der Waals surface area contributed by atoms with Crippen LogP contribution in [-0.2, 0) is 9.53 Å². The standard InChI is InChI=1S/C9H15O3/c10-5-8-1-3-9(4-2-8)6-12-7-11/h8-10H,1-6H2. The summed E-state index contributed by atoms with van der Waals surface area (Å²) in [6.45, 7) is 2.24. The van der Waals surface area contributed by atoms with Crippen LogP contribution in [-0.4, -0.2) is 24.8 Å². The average Bonchev–Trinajstić information content (AvgIpc) is 2.15. The molecule has 0 amide bonds. The molecule has 0 aliphatic heterocycles. The molecule has 0 spiro atoms. The predicted molar refractivity (Wildman–Crippen MR) is 44.2 cm³/mol. The second-order valence-corrected chi connectivity index (χ2v) is 3.46. The molecule has 3 heteroatoms. The van der Waals surface area contributed by atoms with Gasteiger partial charge in [-0.3, -0.25) is 0 Å². The van der Waals surface area contributed by atoms with Crippen molar-refractivity contribution in [1.29, 1.82) is 0 Å². The van der Waals surface area contributed by atoms with Crippen molar-refractivity contribution in [1.82, 2.24) is 0 Å². The maximum absolute atomic E-state index is 9.78. The van der Waals surface area contributed by atoms with E-state index >= 15 is 0 Å². The topological polar surface area (TPSA) is 46.5 Å². The average molecular weight is 171 g/mol. The first kappa shape index (κ1) is 9.52. The molecule has 1 saturated carbocycles. The monoisotopic (exact) mass is 171 g/mol. The predicted octanol–water partition coefficient (Wildman–Crippen LogP) is 0.869. The molecule has 12 heavy (non-hydrogen) atoms. The lowest BCUT2D eigenvalue weighted by Gasteiger charge is -2.26. The fourth-order valence-electron chi connectivity index (χ4n) is 1.73. The van der Waals surface area contributed by atoms with Crippen LogP contribution in [0.15, 0.2) is 0 Å².